The predicted octanol–water partition coefficient (Wildman–Crippen LogP) is 3.23. The number of aromatic nitrogens is 4. The molecule has 144 valence electrons. The van der Waals surface area contributed by atoms with Gasteiger partial charge in [-0.3, -0.25) is 19.6 Å². The van der Waals surface area contributed by atoms with Crippen LogP contribution in [0.2, 0.25) is 0 Å². The van der Waals surface area contributed by atoms with Gasteiger partial charge in [-0.25, -0.2) is 4.98 Å². The first kappa shape index (κ1) is 19.4. The van der Waals surface area contributed by atoms with Crippen molar-refractivity contribution >= 4 is 5.91 Å². The molecule has 28 heavy (non-hydrogen) atoms. The van der Waals surface area contributed by atoms with Crippen LogP contribution in [0.1, 0.15) is 48.1 Å². The van der Waals surface area contributed by atoms with E-state index in [0.717, 1.165) is 24.8 Å². The van der Waals surface area contributed by atoms with Gasteiger partial charge in [-0.1, -0.05) is 31.9 Å². The number of nitrogens with one attached hydrogen (secondary N) is 1. The van der Waals surface area contributed by atoms with Crippen molar-refractivity contribution in [3.63, 3.8) is 0 Å². The molecule has 1 N–H and O–H groups in total. The van der Waals surface area contributed by atoms with E-state index in [9.17, 15) is 9.59 Å². The lowest BCUT2D eigenvalue weighted by atomic mass is 10.0. The summed E-state index contributed by atoms with van der Waals surface area (Å²) in [7, 11) is 1.71. The summed E-state index contributed by atoms with van der Waals surface area (Å²) in [5.74, 6) is -0.0362. The first-order chi connectivity index (χ1) is 13.6. The van der Waals surface area contributed by atoms with Crippen LogP contribution in [0.5, 0.6) is 0 Å². The number of hydrogen-bond acceptors (Lipinski definition) is 5. The minimum atomic E-state index is -0.479. The van der Waals surface area contributed by atoms with Crippen molar-refractivity contribution < 1.29 is 4.79 Å². The summed E-state index contributed by atoms with van der Waals surface area (Å²) in [4.78, 5) is 42.4. The van der Waals surface area contributed by atoms with Gasteiger partial charge in [0.15, 0.2) is 5.82 Å². The minimum absolute atomic E-state index is 0.00701. The molecule has 0 aromatic carbocycles. The maximum absolute atomic E-state index is 13.0. The van der Waals surface area contributed by atoms with Crippen molar-refractivity contribution in [3.05, 3.63) is 76.6 Å². The maximum atomic E-state index is 13.0. The fourth-order valence-electron chi connectivity index (χ4n) is 3.07. The van der Waals surface area contributed by atoms with E-state index < -0.39 is 5.56 Å². The first-order valence-corrected chi connectivity index (χ1v) is 9.29. The van der Waals surface area contributed by atoms with Gasteiger partial charge >= 0.3 is 0 Å². The molecule has 0 radical (unpaired) electrons. The molecular formula is C21H23N5O2. The number of rotatable bonds is 7. The van der Waals surface area contributed by atoms with E-state index in [2.05, 4.69) is 26.9 Å². The molecule has 3 aromatic heterocycles. The monoisotopic (exact) mass is 377 g/mol. The number of carbonyl (C=O) groups is 1. The number of unbranched alkanes of at least 4 members (excludes halogenated alkanes) is 1. The second kappa shape index (κ2) is 9.03. The number of amides is 1. The smallest absolute Gasteiger partial charge is 0.264 e. The largest absolute Gasteiger partial charge is 0.334 e. The van der Waals surface area contributed by atoms with Crippen LogP contribution in [0.3, 0.4) is 0 Å². The summed E-state index contributed by atoms with van der Waals surface area (Å²) >= 11 is 0. The molecule has 1 atom stereocenters. The molecule has 0 aliphatic carbocycles. The highest BCUT2D eigenvalue weighted by atomic mass is 16.2. The molecule has 3 heterocycles. The van der Waals surface area contributed by atoms with Crippen molar-refractivity contribution in [2.24, 2.45) is 0 Å². The Hall–Kier alpha value is -3.35. The highest BCUT2D eigenvalue weighted by Gasteiger charge is 2.25. The van der Waals surface area contributed by atoms with Crippen LogP contribution in [-0.4, -0.2) is 37.8 Å². The second-order valence-electron chi connectivity index (χ2n) is 6.55. The molecule has 1 amide bonds. The van der Waals surface area contributed by atoms with E-state index in [1.54, 1.807) is 48.7 Å². The van der Waals surface area contributed by atoms with Gasteiger partial charge in [-0.05, 0) is 30.2 Å². The standard InChI is InChI=1S/C21H23N5O2/c1-3-4-10-18(15-8-7-11-22-13-15)26(2)21(28)16-14-24-19(25-20(16)27)17-9-5-6-12-23-17/h5-9,11-14,18H,3-4,10H2,1-2H3,(H,24,25,27). The van der Waals surface area contributed by atoms with E-state index in [4.69, 9.17) is 0 Å². The van der Waals surface area contributed by atoms with E-state index in [1.807, 2.05) is 12.1 Å². The fraction of sp³-hybridized carbons (Fsp3) is 0.286. The zero-order valence-corrected chi connectivity index (χ0v) is 16.0. The molecule has 3 rings (SSSR count). The molecule has 0 saturated heterocycles. The van der Waals surface area contributed by atoms with Crippen LogP contribution in [0.25, 0.3) is 11.5 Å². The molecule has 0 bridgehead atoms. The lowest BCUT2D eigenvalue weighted by Crippen LogP contribution is -2.35. The summed E-state index contributed by atoms with van der Waals surface area (Å²) in [6.45, 7) is 2.10. The van der Waals surface area contributed by atoms with Crippen molar-refractivity contribution in [1.29, 1.82) is 0 Å². The van der Waals surface area contributed by atoms with Crippen LogP contribution in [-0.2, 0) is 0 Å². The van der Waals surface area contributed by atoms with Gasteiger partial charge in [0.2, 0.25) is 0 Å². The van der Waals surface area contributed by atoms with Crippen molar-refractivity contribution in [2.45, 2.75) is 32.2 Å². The molecule has 0 fully saturated rings. The van der Waals surface area contributed by atoms with E-state index >= 15 is 0 Å². The van der Waals surface area contributed by atoms with Crippen LogP contribution in [0, 0.1) is 0 Å². The fourth-order valence-corrected chi connectivity index (χ4v) is 3.07. The number of nitrogens with zero attached hydrogens (tertiary/aromatic N) is 4. The van der Waals surface area contributed by atoms with Gasteiger partial charge in [0, 0.05) is 31.8 Å². The Morgan fingerprint density at radius 3 is 2.64 bits per heavy atom. The molecule has 0 spiro atoms. The van der Waals surface area contributed by atoms with Crippen LogP contribution >= 0.6 is 0 Å². The van der Waals surface area contributed by atoms with Gasteiger partial charge < -0.3 is 9.88 Å². The SMILES string of the molecule is CCCCC(c1cccnc1)N(C)C(=O)c1cnc(-c2ccccn2)[nH]c1=O. The van der Waals surface area contributed by atoms with Crippen LogP contribution in [0.15, 0.2) is 59.9 Å². The minimum Gasteiger partial charge on any atom is -0.334 e. The third-order valence-electron chi connectivity index (χ3n) is 4.63. The lowest BCUT2D eigenvalue weighted by Gasteiger charge is -2.28. The van der Waals surface area contributed by atoms with Crippen molar-refractivity contribution in [3.8, 4) is 11.5 Å². The van der Waals surface area contributed by atoms with Gasteiger partial charge in [-0.2, -0.15) is 0 Å². The molecule has 0 aliphatic heterocycles. The van der Waals surface area contributed by atoms with E-state index in [1.165, 1.54) is 6.20 Å². The maximum Gasteiger partial charge on any atom is 0.264 e. The van der Waals surface area contributed by atoms with Crippen LogP contribution < -0.4 is 5.56 Å². The summed E-state index contributed by atoms with van der Waals surface area (Å²) in [6.07, 6.45) is 9.17. The van der Waals surface area contributed by atoms with Crippen molar-refractivity contribution in [1.82, 2.24) is 24.8 Å². The molecule has 7 heteroatoms. The number of hydrogen-bond donors (Lipinski definition) is 1. The van der Waals surface area contributed by atoms with Crippen molar-refractivity contribution in [2.75, 3.05) is 7.05 Å². The third kappa shape index (κ3) is 4.31. The normalized spacial score (nSPS) is 11.8. The lowest BCUT2D eigenvalue weighted by molar-refractivity contribution is 0.0718. The highest BCUT2D eigenvalue weighted by molar-refractivity contribution is 5.93. The van der Waals surface area contributed by atoms with Gasteiger partial charge in [0.1, 0.15) is 11.3 Å². The first-order valence-electron chi connectivity index (χ1n) is 9.29. The summed E-state index contributed by atoms with van der Waals surface area (Å²) in [6, 6.07) is 8.97. The average molecular weight is 377 g/mol. The molecular weight excluding hydrogens is 354 g/mol. The summed E-state index contributed by atoms with van der Waals surface area (Å²) < 4.78 is 0. The molecule has 0 saturated carbocycles. The summed E-state index contributed by atoms with van der Waals surface area (Å²) in [5.41, 5.74) is 1.02. The number of pyridine rings is 2. The Balaban J connectivity index is 1.88. The zero-order chi connectivity index (χ0) is 19.9. The number of H-pyrrole nitrogens is 1. The van der Waals surface area contributed by atoms with E-state index in [-0.39, 0.29) is 17.5 Å². The molecule has 0 aliphatic rings. The summed E-state index contributed by atoms with van der Waals surface area (Å²) in [5, 5.41) is 0. The third-order valence-corrected chi connectivity index (χ3v) is 4.63. The molecule has 3 aromatic rings. The Bertz CT molecular complexity index is 973. The Kier molecular flexibility index (Phi) is 6.26. The second-order valence-corrected chi connectivity index (χ2v) is 6.55. The number of aromatic amines is 1. The predicted molar refractivity (Wildman–Crippen MR) is 107 cm³/mol. The quantitative estimate of drug-likeness (QED) is 0.682. The van der Waals surface area contributed by atoms with Crippen LogP contribution in [0.4, 0.5) is 0 Å². The van der Waals surface area contributed by atoms with Gasteiger partial charge in [0.05, 0.1) is 6.04 Å². The Morgan fingerprint density at radius 1 is 1.14 bits per heavy atom. The number of carbonyl (C=O) groups excluding carboxylic acids is 1. The zero-order valence-electron chi connectivity index (χ0n) is 16.0. The molecule has 7 nitrogen and oxygen atoms in total. The molecule has 1 unspecified atom stereocenters. The topological polar surface area (TPSA) is 91.8 Å². The van der Waals surface area contributed by atoms with Gasteiger partial charge in [0.25, 0.3) is 11.5 Å². The Morgan fingerprint density at radius 2 is 2.00 bits per heavy atom. The average Bonchev–Trinajstić information content (AvgIpc) is 2.74. The Labute approximate surface area is 163 Å². The van der Waals surface area contributed by atoms with Gasteiger partial charge in [-0.15, -0.1) is 0 Å². The highest BCUT2D eigenvalue weighted by Crippen LogP contribution is 2.25. The van der Waals surface area contributed by atoms with E-state index in [0.29, 0.717) is 11.5 Å².